The number of hydrogen-bond acceptors (Lipinski definition) is 4. The maximum atomic E-state index is 12.2. The molecule has 0 aromatic carbocycles. The highest BCUT2D eigenvalue weighted by Gasteiger charge is 2.17. The van der Waals surface area contributed by atoms with Crippen molar-refractivity contribution in [1.29, 1.82) is 0 Å². The van der Waals surface area contributed by atoms with Gasteiger partial charge in [-0.2, -0.15) is 0 Å². The van der Waals surface area contributed by atoms with Gasteiger partial charge >= 0.3 is 0 Å². The van der Waals surface area contributed by atoms with Crippen LogP contribution in [0.5, 0.6) is 0 Å². The Balaban J connectivity index is 1.83. The van der Waals surface area contributed by atoms with Gasteiger partial charge in [-0.1, -0.05) is 6.92 Å². The van der Waals surface area contributed by atoms with Gasteiger partial charge in [0.1, 0.15) is 0 Å². The first kappa shape index (κ1) is 14.0. The smallest absolute Gasteiger partial charge is 0.253 e. The molecule has 112 valence electrons. The van der Waals surface area contributed by atoms with Crippen LogP contribution in [-0.4, -0.2) is 25.3 Å². The molecule has 0 radical (unpaired) electrons. The third kappa shape index (κ3) is 2.73. The second-order valence-electron chi connectivity index (χ2n) is 4.87. The Kier molecular flexibility index (Phi) is 3.69. The number of pyridine rings is 1. The van der Waals surface area contributed by atoms with Crippen molar-refractivity contribution < 1.29 is 4.79 Å². The summed E-state index contributed by atoms with van der Waals surface area (Å²) in [6, 6.07) is 4.41. The Morgan fingerprint density at radius 3 is 3.00 bits per heavy atom. The van der Waals surface area contributed by atoms with Gasteiger partial charge in [-0.05, 0) is 18.6 Å². The fourth-order valence-electron chi connectivity index (χ4n) is 2.19. The molecule has 0 saturated carbocycles. The lowest BCUT2D eigenvalue weighted by Crippen LogP contribution is -2.28. The molecule has 3 rings (SSSR count). The fourth-order valence-corrected chi connectivity index (χ4v) is 2.19. The lowest BCUT2D eigenvalue weighted by Gasteiger charge is -2.14. The molecule has 0 spiro atoms. The predicted octanol–water partition coefficient (Wildman–Crippen LogP) is 1.30. The van der Waals surface area contributed by atoms with Gasteiger partial charge in [-0.3, -0.25) is 14.0 Å². The number of rotatable bonds is 4. The monoisotopic (exact) mass is 297 g/mol. The van der Waals surface area contributed by atoms with Gasteiger partial charge in [0.25, 0.3) is 5.91 Å². The lowest BCUT2D eigenvalue weighted by atomic mass is 10.1. The van der Waals surface area contributed by atoms with Crippen molar-refractivity contribution in [3.05, 3.63) is 64.6 Å². The minimum atomic E-state index is -0.256. The van der Waals surface area contributed by atoms with Crippen LogP contribution in [0.3, 0.4) is 0 Å². The van der Waals surface area contributed by atoms with Crippen molar-refractivity contribution in [2.45, 2.75) is 19.4 Å². The summed E-state index contributed by atoms with van der Waals surface area (Å²) in [5.74, 6) is 0.336. The van der Waals surface area contributed by atoms with Gasteiger partial charge < -0.3 is 10.3 Å². The average molecular weight is 297 g/mol. The lowest BCUT2D eigenvalue weighted by molar-refractivity contribution is 0.0934. The summed E-state index contributed by atoms with van der Waals surface area (Å²) in [5.41, 5.74) is 0.911. The summed E-state index contributed by atoms with van der Waals surface area (Å²) in [6.45, 7) is 1.97. The molecular weight excluding hydrogens is 282 g/mol. The highest BCUT2D eigenvalue weighted by Crippen LogP contribution is 2.16. The van der Waals surface area contributed by atoms with Crippen molar-refractivity contribution in [3.63, 3.8) is 0 Å². The molecule has 0 bridgehead atoms. The molecule has 0 unspecified atom stereocenters. The highest BCUT2D eigenvalue weighted by molar-refractivity contribution is 5.94. The molecule has 0 aliphatic heterocycles. The van der Waals surface area contributed by atoms with Crippen LogP contribution < -0.4 is 10.9 Å². The maximum absolute atomic E-state index is 12.2. The maximum Gasteiger partial charge on any atom is 0.253 e. The number of imidazole rings is 1. The number of fused-ring (bicyclic) bond motifs is 1. The molecule has 3 aromatic rings. The van der Waals surface area contributed by atoms with Crippen LogP contribution in [0.2, 0.25) is 0 Å². The van der Waals surface area contributed by atoms with E-state index >= 15 is 0 Å². The number of carbonyl (C=O) groups is 1. The number of nitrogens with zero attached hydrogens (tertiary/aromatic N) is 3. The van der Waals surface area contributed by atoms with E-state index in [0.29, 0.717) is 17.8 Å². The van der Waals surface area contributed by atoms with Gasteiger partial charge in [-0.25, -0.2) is 9.97 Å². The normalized spacial score (nSPS) is 12.2. The number of hydrogen-bond donors (Lipinski definition) is 2. The second-order valence-corrected chi connectivity index (χ2v) is 4.87. The molecule has 22 heavy (non-hydrogen) atoms. The van der Waals surface area contributed by atoms with Crippen LogP contribution >= 0.6 is 0 Å². The minimum Gasteiger partial charge on any atom is -0.344 e. The molecule has 1 atom stereocenters. The van der Waals surface area contributed by atoms with Crippen LogP contribution in [0.4, 0.5) is 0 Å². The van der Waals surface area contributed by atoms with E-state index in [1.54, 1.807) is 6.20 Å². The van der Waals surface area contributed by atoms with E-state index in [-0.39, 0.29) is 17.5 Å². The number of nitrogens with one attached hydrogen (secondary N) is 2. The quantitative estimate of drug-likeness (QED) is 0.759. The van der Waals surface area contributed by atoms with Crippen molar-refractivity contribution in [2.24, 2.45) is 0 Å². The Labute approximate surface area is 126 Å². The van der Waals surface area contributed by atoms with Crippen molar-refractivity contribution in [3.8, 4) is 0 Å². The molecular formula is C15H15N5O2. The van der Waals surface area contributed by atoms with E-state index in [2.05, 4.69) is 20.3 Å². The van der Waals surface area contributed by atoms with Crippen LogP contribution in [0.25, 0.3) is 5.78 Å². The van der Waals surface area contributed by atoms with Gasteiger partial charge in [-0.15, -0.1) is 0 Å². The largest absolute Gasteiger partial charge is 0.344 e. The number of aromatic amines is 1. The van der Waals surface area contributed by atoms with Crippen LogP contribution in [-0.2, 0) is 0 Å². The molecule has 1 amide bonds. The topological polar surface area (TPSA) is 92.2 Å². The summed E-state index contributed by atoms with van der Waals surface area (Å²) < 4.78 is 1.81. The number of amides is 1. The molecule has 0 fully saturated rings. The van der Waals surface area contributed by atoms with E-state index in [9.17, 15) is 9.59 Å². The number of aromatic nitrogens is 4. The van der Waals surface area contributed by atoms with Crippen LogP contribution in [0, 0.1) is 0 Å². The molecule has 7 nitrogen and oxygen atoms in total. The van der Waals surface area contributed by atoms with Gasteiger partial charge in [0.15, 0.2) is 0 Å². The zero-order chi connectivity index (χ0) is 15.5. The van der Waals surface area contributed by atoms with Crippen molar-refractivity contribution >= 4 is 11.7 Å². The summed E-state index contributed by atoms with van der Waals surface area (Å²) in [4.78, 5) is 34.3. The van der Waals surface area contributed by atoms with Gasteiger partial charge in [0, 0.05) is 30.9 Å². The molecule has 3 aromatic heterocycles. The molecule has 0 aliphatic rings. The van der Waals surface area contributed by atoms with E-state index in [0.717, 1.165) is 5.69 Å². The summed E-state index contributed by atoms with van der Waals surface area (Å²) in [6.07, 6.45) is 7.47. The number of H-pyrrole nitrogens is 1. The molecule has 3 heterocycles. The minimum absolute atomic E-state index is 0.221. The van der Waals surface area contributed by atoms with E-state index in [4.69, 9.17) is 0 Å². The SMILES string of the molecule is CC[C@H](NC(=O)c1ccc(=O)[nH]c1)c1cn2cccnc2n1. The van der Waals surface area contributed by atoms with Crippen molar-refractivity contribution in [2.75, 3.05) is 0 Å². The predicted molar refractivity (Wildman–Crippen MR) is 80.5 cm³/mol. The third-order valence-electron chi connectivity index (χ3n) is 3.37. The Morgan fingerprint density at radius 2 is 2.32 bits per heavy atom. The van der Waals surface area contributed by atoms with Crippen LogP contribution in [0.15, 0.2) is 47.8 Å². The van der Waals surface area contributed by atoms with Gasteiger partial charge in [0.2, 0.25) is 11.3 Å². The highest BCUT2D eigenvalue weighted by atomic mass is 16.2. The Bertz CT molecular complexity index is 814. The first-order chi connectivity index (χ1) is 10.7. The second kappa shape index (κ2) is 5.80. The van der Waals surface area contributed by atoms with E-state index in [1.807, 2.05) is 29.8 Å². The zero-order valence-corrected chi connectivity index (χ0v) is 12.0. The Hall–Kier alpha value is -2.96. The fraction of sp³-hybridized carbons (Fsp3) is 0.200. The van der Waals surface area contributed by atoms with E-state index < -0.39 is 0 Å². The molecule has 2 N–H and O–H groups in total. The van der Waals surface area contributed by atoms with Crippen molar-refractivity contribution in [1.82, 2.24) is 24.7 Å². The Morgan fingerprint density at radius 1 is 1.45 bits per heavy atom. The molecule has 7 heteroatoms. The van der Waals surface area contributed by atoms with E-state index in [1.165, 1.54) is 18.3 Å². The third-order valence-corrected chi connectivity index (χ3v) is 3.37. The average Bonchev–Trinajstić information content (AvgIpc) is 2.96. The summed E-state index contributed by atoms with van der Waals surface area (Å²) in [5, 5.41) is 2.92. The first-order valence-electron chi connectivity index (χ1n) is 6.96. The number of carbonyl (C=O) groups excluding carboxylic acids is 1. The first-order valence-corrected chi connectivity index (χ1v) is 6.96. The molecule has 0 aliphatic carbocycles. The zero-order valence-electron chi connectivity index (χ0n) is 12.0. The molecule has 0 saturated heterocycles. The standard InChI is InChI=1S/C15H15N5O2/c1-2-11(12-9-20-7-3-6-16-15(20)19-12)18-14(22)10-4-5-13(21)17-8-10/h3-9,11H,2H2,1H3,(H,17,21)(H,18,22)/t11-/m0/s1. The van der Waals surface area contributed by atoms with Gasteiger partial charge in [0.05, 0.1) is 17.3 Å². The summed E-state index contributed by atoms with van der Waals surface area (Å²) >= 11 is 0. The van der Waals surface area contributed by atoms with Crippen LogP contribution in [0.1, 0.15) is 35.4 Å². The summed E-state index contributed by atoms with van der Waals surface area (Å²) in [7, 11) is 0.